The Labute approximate surface area is 133 Å². The molecule has 1 unspecified atom stereocenters. The van der Waals surface area contributed by atoms with Crippen molar-refractivity contribution in [2.24, 2.45) is 0 Å². The van der Waals surface area contributed by atoms with Gasteiger partial charge in [0.1, 0.15) is 0 Å². The second kappa shape index (κ2) is 7.00. The van der Waals surface area contributed by atoms with E-state index in [0.717, 1.165) is 17.3 Å². The summed E-state index contributed by atoms with van der Waals surface area (Å²) in [6.07, 6.45) is 1.13. The maximum Gasteiger partial charge on any atom is 0.342 e. The highest BCUT2D eigenvalue weighted by Crippen LogP contribution is 2.20. The third kappa shape index (κ3) is 3.91. The zero-order valence-electron chi connectivity index (χ0n) is 13.1. The number of aromatic nitrogens is 1. The molecule has 2 aromatic rings. The Morgan fingerprint density at radius 1 is 1.22 bits per heavy atom. The van der Waals surface area contributed by atoms with Gasteiger partial charge in [-0.1, -0.05) is 18.2 Å². The van der Waals surface area contributed by atoms with Crippen LogP contribution in [0.1, 0.15) is 28.4 Å². The molecule has 23 heavy (non-hydrogen) atoms. The first-order valence-corrected chi connectivity index (χ1v) is 7.07. The number of pyridine rings is 1. The van der Waals surface area contributed by atoms with Crippen molar-refractivity contribution in [2.45, 2.75) is 26.9 Å². The number of benzene rings is 1. The molecule has 0 fully saturated rings. The third-order valence-corrected chi connectivity index (χ3v) is 3.37. The Kier molecular flexibility index (Phi) is 5.05. The van der Waals surface area contributed by atoms with Gasteiger partial charge in [-0.2, -0.15) is 0 Å². The molecule has 0 radical (unpaired) electrons. The number of hydrogen-bond acceptors (Lipinski definition) is 4. The largest absolute Gasteiger partial charge is 0.449 e. The first-order chi connectivity index (χ1) is 10.9. The van der Waals surface area contributed by atoms with Crippen molar-refractivity contribution in [3.05, 3.63) is 59.2 Å². The Morgan fingerprint density at radius 3 is 2.48 bits per heavy atom. The van der Waals surface area contributed by atoms with Crippen molar-refractivity contribution < 1.29 is 18.7 Å². The lowest BCUT2D eigenvalue weighted by molar-refractivity contribution is -0.123. The molecule has 5 nitrogen and oxygen atoms in total. The number of nitrogens with one attached hydrogen (secondary N) is 1. The Balaban J connectivity index is 2.06. The maximum atomic E-state index is 13.5. The van der Waals surface area contributed by atoms with Crippen molar-refractivity contribution in [2.75, 3.05) is 5.32 Å². The molecule has 0 aliphatic carbocycles. The Morgan fingerprint density at radius 2 is 1.87 bits per heavy atom. The van der Waals surface area contributed by atoms with Crippen LogP contribution in [0.25, 0.3) is 0 Å². The first-order valence-electron chi connectivity index (χ1n) is 7.07. The molecular weight excluding hydrogens is 299 g/mol. The van der Waals surface area contributed by atoms with Gasteiger partial charge in [0.25, 0.3) is 5.91 Å². The van der Waals surface area contributed by atoms with E-state index < -0.39 is 23.8 Å². The van der Waals surface area contributed by atoms with E-state index in [9.17, 15) is 14.0 Å². The minimum Gasteiger partial charge on any atom is -0.449 e. The summed E-state index contributed by atoms with van der Waals surface area (Å²) in [5, 5.41) is 2.73. The van der Waals surface area contributed by atoms with E-state index in [4.69, 9.17) is 4.74 Å². The predicted octanol–water partition coefficient (Wildman–Crippen LogP) is 3.02. The Hall–Kier alpha value is -2.76. The number of carbonyl (C=O) groups excluding carboxylic acids is 2. The molecule has 0 aliphatic heterocycles. The lowest BCUT2D eigenvalue weighted by atomic mass is 10.1. The summed E-state index contributed by atoms with van der Waals surface area (Å²) in [5.74, 6) is -2.18. The molecule has 1 heterocycles. The van der Waals surface area contributed by atoms with Gasteiger partial charge in [0, 0.05) is 11.9 Å². The number of esters is 1. The van der Waals surface area contributed by atoms with Gasteiger partial charge >= 0.3 is 5.97 Å². The minimum atomic E-state index is -1.06. The highest BCUT2D eigenvalue weighted by Gasteiger charge is 2.21. The second-order valence-corrected chi connectivity index (χ2v) is 5.16. The normalized spacial score (nSPS) is 11.7. The molecule has 1 aromatic heterocycles. The summed E-state index contributed by atoms with van der Waals surface area (Å²) in [4.78, 5) is 27.6. The van der Waals surface area contributed by atoms with Crippen LogP contribution in [-0.4, -0.2) is 23.0 Å². The molecule has 120 valence electrons. The van der Waals surface area contributed by atoms with E-state index in [2.05, 4.69) is 10.3 Å². The van der Waals surface area contributed by atoms with Crippen LogP contribution in [0.15, 0.2) is 36.7 Å². The fraction of sp³-hybridized carbons (Fsp3) is 0.235. The third-order valence-electron chi connectivity index (χ3n) is 3.37. The SMILES string of the molecule is Cc1cccc(C)c1NC(=O)C(C)OC(=O)c1ccncc1F. The molecule has 6 heteroatoms. The van der Waals surface area contributed by atoms with Gasteiger partial charge in [0.2, 0.25) is 0 Å². The number of para-hydroxylation sites is 1. The van der Waals surface area contributed by atoms with E-state index in [1.54, 1.807) is 0 Å². The van der Waals surface area contributed by atoms with Crippen molar-refractivity contribution in [1.82, 2.24) is 4.98 Å². The number of hydrogen-bond donors (Lipinski definition) is 1. The smallest absolute Gasteiger partial charge is 0.342 e. The van der Waals surface area contributed by atoms with Gasteiger partial charge in [-0.3, -0.25) is 9.78 Å². The molecule has 0 bridgehead atoms. The van der Waals surface area contributed by atoms with Crippen molar-refractivity contribution in [3.63, 3.8) is 0 Å². The summed E-state index contributed by atoms with van der Waals surface area (Å²) in [6, 6.07) is 6.82. The van der Waals surface area contributed by atoms with Gasteiger partial charge in [-0.15, -0.1) is 0 Å². The number of carbonyl (C=O) groups is 2. The fourth-order valence-corrected chi connectivity index (χ4v) is 2.05. The van der Waals surface area contributed by atoms with Gasteiger partial charge in [-0.05, 0) is 38.0 Å². The van der Waals surface area contributed by atoms with E-state index >= 15 is 0 Å². The maximum absolute atomic E-state index is 13.5. The molecule has 1 aromatic carbocycles. The summed E-state index contributed by atoms with van der Waals surface area (Å²) >= 11 is 0. The monoisotopic (exact) mass is 316 g/mol. The van der Waals surface area contributed by atoms with E-state index in [-0.39, 0.29) is 5.56 Å². The average Bonchev–Trinajstić information content (AvgIpc) is 2.51. The number of nitrogens with zero attached hydrogens (tertiary/aromatic N) is 1. The van der Waals surface area contributed by atoms with Crippen LogP contribution in [0.3, 0.4) is 0 Å². The number of aryl methyl sites for hydroxylation is 2. The average molecular weight is 316 g/mol. The van der Waals surface area contributed by atoms with Gasteiger partial charge < -0.3 is 10.1 Å². The molecule has 0 aliphatic rings. The molecular formula is C17H17FN2O3. The molecule has 0 spiro atoms. The van der Waals surface area contributed by atoms with Crippen molar-refractivity contribution >= 4 is 17.6 Å². The highest BCUT2D eigenvalue weighted by molar-refractivity contribution is 5.98. The van der Waals surface area contributed by atoms with Crippen molar-refractivity contribution in [1.29, 1.82) is 0 Å². The number of amides is 1. The summed E-state index contributed by atoms with van der Waals surface area (Å²) in [7, 11) is 0. The standard InChI is InChI=1S/C17H17FN2O3/c1-10-5-4-6-11(2)15(10)20-16(21)12(3)23-17(22)13-7-8-19-9-14(13)18/h4-9,12H,1-3H3,(H,20,21). The fourth-order valence-electron chi connectivity index (χ4n) is 2.05. The summed E-state index contributed by atoms with van der Waals surface area (Å²) < 4.78 is 18.5. The molecule has 2 rings (SSSR count). The van der Waals surface area contributed by atoms with Gasteiger partial charge in [0.05, 0.1) is 11.8 Å². The lowest BCUT2D eigenvalue weighted by Gasteiger charge is -2.16. The topological polar surface area (TPSA) is 68.3 Å². The zero-order chi connectivity index (χ0) is 17.0. The highest BCUT2D eigenvalue weighted by atomic mass is 19.1. The molecule has 0 saturated heterocycles. The number of rotatable bonds is 4. The lowest BCUT2D eigenvalue weighted by Crippen LogP contribution is -2.30. The second-order valence-electron chi connectivity index (χ2n) is 5.16. The Bertz CT molecular complexity index is 726. The van der Waals surface area contributed by atoms with E-state index in [1.165, 1.54) is 19.2 Å². The van der Waals surface area contributed by atoms with Crippen LogP contribution >= 0.6 is 0 Å². The van der Waals surface area contributed by atoms with E-state index in [0.29, 0.717) is 5.69 Å². The van der Waals surface area contributed by atoms with Crippen LogP contribution < -0.4 is 5.32 Å². The van der Waals surface area contributed by atoms with Gasteiger partial charge in [0.15, 0.2) is 11.9 Å². The summed E-state index contributed by atoms with van der Waals surface area (Å²) in [6.45, 7) is 5.16. The van der Waals surface area contributed by atoms with Gasteiger partial charge in [-0.25, -0.2) is 9.18 Å². The van der Waals surface area contributed by atoms with E-state index in [1.807, 2.05) is 32.0 Å². The van der Waals surface area contributed by atoms with Crippen LogP contribution in [0.5, 0.6) is 0 Å². The molecule has 0 saturated carbocycles. The summed E-state index contributed by atoms with van der Waals surface area (Å²) in [5.41, 5.74) is 2.22. The molecule has 1 atom stereocenters. The minimum absolute atomic E-state index is 0.258. The molecule has 1 N–H and O–H groups in total. The number of anilines is 1. The zero-order valence-corrected chi connectivity index (χ0v) is 13.1. The quantitative estimate of drug-likeness (QED) is 0.880. The predicted molar refractivity (Wildman–Crippen MR) is 83.6 cm³/mol. The van der Waals surface area contributed by atoms with Crippen molar-refractivity contribution in [3.8, 4) is 0 Å². The van der Waals surface area contributed by atoms with Crippen LogP contribution in [0, 0.1) is 19.7 Å². The van der Waals surface area contributed by atoms with Crippen LogP contribution in [-0.2, 0) is 9.53 Å². The first kappa shape index (κ1) is 16.6. The number of ether oxygens (including phenoxy) is 1. The number of halogens is 1. The van der Waals surface area contributed by atoms with Crippen LogP contribution in [0.2, 0.25) is 0 Å². The molecule has 1 amide bonds. The van der Waals surface area contributed by atoms with Crippen LogP contribution in [0.4, 0.5) is 10.1 Å².